The fraction of sp³-hybridized carbons (Fsp3) is 0.167. The Morgan fingerprint density at radius 3 is 2.71 bits per heavy atom. The zero-order chi connectivity index (χ0) is 12.4. The highest BCUT2D eigenvalue weighted by atomic mass is 32.1. The number of benzene rings is 1. The van der Waals surface area contributed by atoms with Crippen LogP contribution in [0.25, 0.3) is 0 Å². The molecule has 0 saturated carbocycles. The first-order valence-corrected chi connectivity index (χ1v) is 5.91. The Morgan fingerprint density at radius 1 is 1.41 bits per heavy atom. The highest BCUT2D eigenvalue weighted by Gasteiger charge is 2.07. The second-order valence-electron chi connectivity index (χ2n) is 3.74. The van der Waals surface area contributed by atoms with E-state index in [2.05, 4.69) is 10.3 Å². The molecule has 0 saturated heterocycles. The van der Waals surface area contributed by atoms with Gasteiger partial charge in [-0.05, 0) is 37.6 Å². The lowest BCUT2D eigenvalue weighted by Crippen LogP contribution is -2.00. The predicted octanol–water partition coefficient (Wildman–Crippen LogP) is 3.20. The molecule has 2 N–H and O–H groups in total. The van der Waals surface area contributed by atoms with E-state index < -0.39 is 5.97 Å². The number of anilines is 2. The molecule has 0 aliphatic rings. The van der Waals surface area contributed by atoms with Crippen molar-refractivity contribution < 1.29 is 9.90 Å². The normalized spacial score (nSPS) is 10.2. The van der Waals surface area contributed by atoms with Crippen LogP contribution >= 0.6 is 11.3 Å². The molecule has 5 heteroatoms. The minimum absolute atomic E-state index is 0.325. The van der Waals surface area contributed by atoms with Gasteiger partial charge in [0.2, 0.25) is 0 Å². The molecule has 0 amide bonds. The number of carbonyl (C=O) groups is 1. The first kappa shape index (κ1) is 11.6. The Balaban J connectivity index is 2.23. The lowest BCUT2D eigenvalue weighted by molar-refractivity contribution is 0.0696. The molecule has 2 aromatic rings. The number of thiazole rings is 1. The number of nitrogens with zero attached hydrogens (tertiary/aromatic N) is 1. The molecule has 0 fully saturated rings. The van der Waals surface area contributed by atoms with Crippen molar-refractivity contribution in [3.63, 3.8) is 0 Å². The number of carboxylic acids is 1. The van der Waals surface area contributed by atoms with E-state index in [-0.39, 0.29) is 0 Å². The summed E-state index contributed by atoms with van der Waals surface area (Å²) >= 11 is 1.56. The van der Waals surface area contributed by atoms with Gasteiger partial charge in [-0.2, -0.15) is 0 Å². The van der Waals surface area contributed by atoms with Crippen molar-refractivity contribution in [2.45, 2.75) is 13.8 Å². The molecule has 1 heterocycles. The molecule has 0 aliphatic carbocycles. The Morgan fingerprint density at radius 2 is 2.18 bits per heavy atom. The quantitative estimate of drug-likeness (QED) is 0.875. The van der Waals surface area contributed by atoms with Gasteiger partial charge in [-0.15, -0.1) is 11.3 Å². The molecule has 17 heavy (non-hydrogen) atoms. The number of hydrogen-bond donors (Lipinski definition) is 2. The van der Waals surface area contributed by atoms with Crippen LogP contribution in [0.2, 0.25) is 0 Å². The minimum Gasteiger partial charge on any atom is -0.478 e. The Labute approximate surface area is 103 Å². The van der Waals surface area contributed by atoms with Gasteiger partial charge >= 0.3 is 5.97 Å². The van der Waals surface area contributed by atoms with Crippen LogP contribution in [0.3, 0.4) is 0 Å². The van der Waals surface area contributed by atoms with Gasteiger partial charge in [0.15, 0.2) is 5.13 Å². The summed E-state index contributed by atoms with van der Waals surface area (Å²) in [5, 5.41) is 12.9. The summed E-state index contributed by atoms with van der Waals surface area (Å²) < 4.78 is 0. The molecular formula is C12H12N2O2S. The summed E-state index contributed by atoms with van der Waals surface area (Å²) in [7, 11) is 0. The van der Waals surface area contributed by atoms with Gasteiger partial charge in [0, 0.05) is 16.8 Å². The third-order valence-corrected chi connectivity index (χ3v) is 3.16. The summed E-state index contributed by atoms with van der Waals surface area (Å²) in [6.45, 7) is 3.77. The first-order chi connectivity index (χ1) is 8.06. The third kappa shape index (κ3) is 2.62. The van der Waals surface area contributed by atoms with Crippen molar-refractivity contribution in [2.75, 3.05) is 5.32 Å². The Kier molecular flexibility index (Phi) is 3.10. The second kappa shape index (κ2) is 4.55. The van der Waals surface area contributed by atoms with Crippen molar-refractivity contribution >= 4 is 28.1 Å². The van der Waals surface area contributed by atoms with E-state index in [1.807, 2.05) is 6.92 Å². The van der Waals surface area contributed by atoms with E-state index in [0.717, 1.165) is 21.3 Å². The molecular weight excluding hydrogens is 236 g/mol. The van der Waals surface area contributed by atoms with E-state index in [0.29, 0.717) is 5.56 Å². The van der Waals surface area contributed by atoms with Crippen LogP contribution in [-0.4, -0.2) is 16.1 Å². The summed E-state index contributed by atoms with van der Waals surface area (Å²) in [6.07, 6.45) is 1.80. The third-order valence-electron chi connectivity index (χ3n) is 2.33. The number of hydrogen-bond acceptors (Lipinski definition) is 4. The highest BCUT2D eigenvalue weighted by Crippen LogP contribution is 2.23. The minimum atomic E-state index is -0.904. The van der Waals surface area contributed by atoms with Crippen LogP contribution in [0, 0.1) is 13.8 Å². The first-order valence-electron chi connectivity index (χ1n) is 5.09. The number of aromatic carboxylic acids is 1. The zero-order valence-corrected chi connectivity index (χ0v) is 10.3. The molecule has 0 spiro atoms. The number of rotatable bonds is 3. The van der Waals surface area contributed by atoms with E-state index in [1.165, 1.54) is 0 Å². The van der Waals surface area contributed by atoms with Crippen LogP contribution in [0.1, 0.15) is 20.8 Å². The molecule has 0 radical (unpaired) electrons. The number of nitrogens with one attached hydrogen (secondary N) is 1. The highest BCUT2D eigenvalue weighted by molar-refractivity contribution is 7.15. The van der Waals surface area contributed by atoms with Gasteiger partial charge in [-0.1, -0.05) is 0 Å². The van der Waals surface area contributed by atoms with E-state index in [1.54, 1.807) is 42.7 Å². The van der Waals surface area contributed by atoms with Crippen LogP contribution in [0.5, 0.6) is 0 Å². The number of carboxylic acid groups (broad SMARTS) is 1. The second-order valence-corrected chi connectivity index (χ2v) is 4.97. The molecule has 1 aromatic heterocycles. The lowest BCUT2D eigenvalue weighted by Gasteiger charge is -2.05. The summed E-state index contributed by atoms with van der Waals surface area (Å²) in [6, 6.07) is 5.15. The van der Waals surface area contributed by atoms with Gasteiger partial charge in [0.25, 0.3) is 0 Å². The van der Waals surface area contributed by atoms with Gasteiger partial charge < -0.3 is 10.4 Å². The summed E-state index contributed by atoms with van der Waals surface area (Å²) in [4.78, 5) is 16.2. The maximum atomic E-state index is 10.9. The topological polar surface area (TPSA) is 62.2 Å². The summed E-state index contributed by atoms with van der Waals surface area (Å²) in [5.41, 5.74) is 1.91. The number of aromatic nitrogens is 1. The van der Waals surface area contributed by atoms with Gasteiger partial charge in [0.05, 0.1) is 5.56 Å². The Bertz CT molecular complexity index is 563. The largest absolute Gasteiger partial charge is 0.478 e. The van der Waals surface area contributed by atoms with Crippen LogP contribution in [0.4, 0.5) is 10.8 Å². The monoisotopic (exact) mass is 248 g/mol. The molecule has 2 rings (SSSR count). The predicted molar refractivity (Wildman–Crippen MR) is 68.3 cm³/mol. The average molecular weight is 248 g/mol. The lowest BCUT2D eigenvalue weighted by atomic mass is 10.1. The zero-order valence-electron chi connectivity index (χ0n) is 9.52. The standard InChI is InChI=1S/C12H12N2O2S/c1-7-5-9(3-4-10(7)11(15)16)14-12-13-6-8(2)17-12/h3-6H,1-2H3,(H,13,14)(H,15,16). The average Bonchev–Trinajstić information content (AvgIpc) is 2.63. The summed E-state index contributed by atoms with van der Waals surface area (Å²) in [5.74, 6) is -0.904. The van der Waals surface area contributed by atoms with Crippen molar-refractivity contribution in [1.29, 1.82) is 0 Å². The fourth-order valence-electron chi connectivity index (χ4n) is 1.52. The molecule has 0 atom stereocenters. The van der Waals surface area contributed by atoms with E-state index in [4.69, 9.17) is 5.11 Å². The number of aryl methyl sites for hydroxylation is 2. The molecule has 0 aliphatic heterocycles. The van der Waals surface area contributed by atoms with Crippen molar-refractivity contribution in [3.05, 3.63) is 40.4 Å². The van der Waals surface area contributed by atoms with E-state index >= 15 is 0 Å². The van der Waals surface area contributed by atoms with Crippen molar-refractivity contribution in [3.8, 4) is 0 Å². The fourth-order valence-corrected chi connectivity index (χ4v) is 2.20. The van der Waals surface area contributed by atoms with E-state index in [9.17, 15) is 4.79 Å². The maximum Gasteiger partial charge on any atom is 0.335 e. The Hall–Kier alpha value is -1.88. The van der Waals surface area contributed by atoms with Crippen molar-refractivity contribution in [2.24, 2.45) is 0 Å². The molecule has 88 valence electrons. The van der Waals surface area contributed by atoms with Crippen LogP contribution < -0.4 is 5.32 Å². The molecule has 1 aromatic carbocycles. The molecule has 4 nitrogen and oxygen atoms in total. The van der Waals surface area contributed by atoms with Gasteiger partial charge in [-0.25, -0.2) is 9.78 Å². The molecule has 0 bridgehead atoms. The van der Waals surface area contributed by atoms with Crippen LogP contribution in [0.15, 0.2) is 24.4 Å². The van der Waals surface area contributed by atoms with Gasteiger partial charge in [-0.3, -0.25) is 0 Å². The van der Waals surface area contributed by atoms with Crippen molar-refractivity contribution in [1.82, 2.24) is 4.98 Å². The molecule has 0 unspecified atom stereocenters. The maximum absolute atomic E-state index is 10.9. The van der Waals surface area contributed by atoms with Gasteiger partial charge in [0.1, 0.15) is 0 Å². The SMILES string of the molecule is Cc1cnc(Nc2ccc(C(=O)O)c(C)c2)s1. The smallest absolute Gasteiger partial charge is 0.335 e. The van der Waals surface area contributed by atoms with Crippen LogP contribution in [-0.2, 0) is 0 Å².